The van der Waals surface area contributed by atoms with E-state index >= 15 is 0 Å². The number of carbonyl (C=O) groups excluding carboxylic acids is 1. The molecule has 0 spiro atoms. The van der Waals surface area contributed by atoms with Crippen LogP contribution in [0.1, 0.15) is 31.7 Å². The van der Waals surface area contributed by atoms with Crippen LogP contribution in [0.3, 0.4) is 0 Å². The van der Waals surface area contributed by atoms with Crippen molar-refractivity contribution in [2.24, 2.45) is 11.8 Å². The number of amides is 1. The van der Waals surface area contributed by atoms with Gasteiger partial charge < -0.3 is 10.1 Å². The van der Waals surface area contributed by atoms with Crippen molar-refractivity contribution in [2.45, 2.75) is 32.6 Å². The molecule has 1 amide bonds. The fourth-order valence-corrected chi connectivity index (χ4v) is 2.48. The molecular formula is C15H19NO2. The van der Waals surface area contributed by atoms with Crippen molar-refractivity contribution in [3.05, 3.63) is 23.8 Å². The van der Waals surface area contributed by atoms with Crippen LogP contribution in [0.4, 0.5) is 5.69 Å². The Morgan fingerprint density at radius 2 is 2.22 bits per heavy atom. The summed E-state index contributed by atoms with van der Waals surface area (Å²) in [6.07, 6.45) is 3.78. The number of hydrogen-bond donors (Lipinski definition) is 1. The number of benzene rings is 1. The van der Waals surface area contributed by atoms with Gasteiger partial charge in [0.15, 0.2) is 0 Å². The van der Waals surface area contributed by atoms with Gasteiger partial charge in [-0.25, -0.2) is 0 Å². The lowest BCUT2D eigenvalue weighted by molar-refractivity contribution is -0.116. The summed E-state index contributed by atoms with van der Waals surface area (Å²) in [6.45, 7) is 3.09. The summed E-state index contributed by atoms with van der Waals surface area (Å²) in [6, 6.07) is 6.00. The maximum atomic E-state index is 11.4. The average Bonchev–Trinajstić information content (AvgIpc) is 3.08. The number of anilines is 1. The first-order valence-electron chi connectivity index (χ1n) is 6.78. The SMILES string of the molecule is CC1CC1COc1ccc2c(c1)CCCC(=O)N2. The highest BCUT2D eigenvalue weighted by Crippen LogP contribution is 2.38. The van der Waals surface area contributed by atoms with E-state index in [0.29, 0.717) is 6.42 Å². The molecule has 0 aromatic heterocycles. The van der Waals surface area contributed by atoms with Crippen LogP contribution in [0.2, 0.25) is 0 Å². The maximum Gasteiger partial charge on any atom is 0.224 e. The smallest absolute Gasteiger partial charge is 0.224 e. The van der Waals surface area contributed by atoms with Crippen LogP contribution >= 0.6 is 0 Å². The van der Waals surface area contributed by atoms with Gasteiger partial charge in [0.05, 0.1) is 6.61 Å². The number of fused-ring (bicyclic) bond motifs is 1. The zero-order chi connectivity index (χ0) is 12.5. The normalized spacial score (nSPS) is 25.9. The molecule has 1 aromatic carbocycles. The minimum Gasteiger partial charge on any atom is -0.493 e. The Kier molecular flexibility index (Phi) is 2.98. The van der Waals surface area contributed by atoms with Crippen LogP contribution in [0.15, 0.2) is 18.2 Å². The van der Waals surface area contributed by atoms with Crippen LogP contribution < -0.4 is 10.1 Å². The van der Waals surface area contributed by atoms with Gasteiger partial charge in [-0.15, -0.1) is 0 Å². The van der Waals surface area contributed by atoms with Gasteiger partial charge in [-0.1, -0.05) is 6.92 Å². The standard InChI is InChI=1S/C15H19NO2/c1-10-7-12(10)9-18-13-5-6-14-11(8-13)3-2-4-15(17)16-14/h5-6,8,10,12H,2-4,7,9H2,1H3,(H,16,17). The van der Waals surface area contributed by atoms with Gasteiger partial charge in [0.2, 0.25) is 5.91 Å². The molecule has 0 saturated heterocycles. The van der Waals surface area contributed by atoms with E-state index in [0.717, 1.165) is 42.7 Å². The molecule has 1 aliphatic heterocycles. The molecule has 1 fully saturated rings. The van der Waals surface area contributed by atoms with Crippen LogP contribution in [0.25, 0.3) is 0 Å². The second-order valence-corrected chi connectivity index (χ2v) is 5.50. The van der Waals surface area contributed by atoms with Crippen LogP contribution in [0, 0.1) is 11.8 Å². The Morgan fingerprint density at radius 1 is 1.39 bits per heavy atom. The monoisotopic (exact) mass is 245 g/mol. The number of ether oxygens (including phenoxy) is 1. The Labute approximate surface area is 108 Å². The first-order valence-corrected chi connectivity index (χ1v) is 6.78. The zero-order valence-corrected chi connectivity index (χ0v) is 10.7. The molecule has 1 aromatic rings. The van der Waals surface area contributed by atoms with E-state index in [-0.39, 0.29) is 5.91 Å². The van der Waals surface area contributed by atoms with Crippen molar-refractivity contribution in [3.63, 3.8) is 0 Å². The van der Waals surface area contributed by atoms with E-state index in [1.165, 1.54) is 12.0 Å². The Bertz CT molecular complexity index is 470. The van der Waals surface area contributed by atoms with Crippen molar-refractivity contribution in [2.75, 3.05) is 11.9 Å². The van der Waals surface area contributed by atoms with Crippen LogP contribution in [-0.4, -0.2) is 12.5 Å². The van der Waals surface area contributed by atoms with E-state index in [1.54, 1.807) is 0 Å². The first-order chi connectivity index (χ1) is 8.72. The molecule has 1 saturated carbocycles. The summed E-state index contributed by atoms with van der Waals surface area (Å²) in [7, 11) is 0. The number of rotatable bonds is 3. The Hall–Kier alpha value is -1.51. The van der Waals surface area contributed by atoms with E-state index < -0.39 is 0 Å². The molecule has 18 heavy (non-hydrogen) atoms. The van der Waals surface area contributed by atoms with Crippen LogP contribution in [0.5, 0.6) is 5.75 Å². The molecule has 96 valence electrons. The molecule has 1 N–H and O–H groups in total. The molecule has 0 bridgehead atoms. The number of aryl methyl sites for hydroxylation is 1. The molecule has 0 radical (unpaired) electrons. The fourth-order valence-electron chi connectivity index (χ4n) is 2.48. The van der Waals surface area contributed by atoms with Crippen LogP contribution in [-0.2, 0) is 11.2 Å². The summed E-state index contributed by atoms with van der Waals surface area (Å²) in [5, 5.41) is 2.94. The quantitative estimate of drug-likeness (QED) is 0.889. The van der Waals surface area contributed by atoms with E-state index in [2.05, 4.69) is 18.3 Å². The summed E-state index contributed by atoms with van der Waals surface area (Å²) < 4.78 is 5.82. The first kappa shape index (κ1) is 11.6. The summed E-state index contributed by atoms with van der Waals surface area (Å²) in [5.41, 5.74) is 2.15. The van der Waals surface area contributed by atoms with Crippen molar-refractivity contribution in [3.8, 4) is 5.75 Å². The predicted octanol–water partition coefficient (Wildman–Crippen LogP) is 3.00. The van der Waals surface area contributed by atoms with Crippen molar-refractivity contribution in [1.29, 1.82) is 0 Å². The van der Waals surface area contributed by atoms with Gasteiger partial charge in [0.25, 0.3) is 0 Å². The largest absolute Gasteiger partial charge is 0.493 e. The lowest BCUT2D eigenvalue weighted by Gasteiger charge is -2.10. The van der Waals surface area contributed by atoms with E-state index in [4.69, 9.17) is 4.74 Å². The minimum absolute atomic E-state index is 0.120. The molecule has 1 aliphatic carbocycles. The molecule has 2 aliphatic rings. The fraction of sp³-hybridized carbons (Fsp3) is 0.533. The molecule has 3 nitrogen and oxygen atoms in total. The number of nitrogens with one attached hydrogen (secondary N) is 1. The van der Waals surface area contributed by atoms with Crippen molar-refractivity contribution in [1.82, 2.24) is 0 Å². The van der Waals surface area contributed by atoms with Gasteiger partial charge in [-0.2, -0.15) is 0 Å². The Morgan fingerprint density at radius 3 is 3.00 bits per heavy atom. The molecule has 2 atom stereocenters. The third kappa shape index (κ3) is 2.50. The van der Waals surface area contributed by atoms with Gasteiger partial charge in [0, 0.05) is 12.1 Å². The third-order valence-electron chi connectivity index (χ3n) is 3.94. The highest BCUT2D eigenvalue weighted by atomic mass is 16.5. The molecular weight excluding hydrogens is 226 g/mol. The lowest BCUT2D eigenvalue weighted by Crippen LogP contribution is -2.09. The minimum atomic E-state index is 0.120. The topological polar surface area (TPSA) is 38.3 Å². The maximum absolute atomic E-state index is 11.4. The summed E-state index contributed by atoms with van der Waals surface area (Å²) >= 11 is 0. The second-order valence-electron chi connectivity index (χ2n) is 5.50. The van der Waals surface area contributed by atoms with Crippen molar-refractivity contribution < 1.29 is 9.53 Å². The number of hydrogen-bond acceptors (Lipinski definition) is 2. The van der Waals surface area contributed by atoms with E-state index in [9.17, 15) is 4.79 Å². The van der Waals surface area contributed by atoms with E-state index in [1.807, 2.05) is 12.1 Å². The van der Waals surface area contributed by atoms with Crippen molar-refractivity contribution >= 4 is 11.6 Å². The zero-order valence-electron chi connectivity index (χ0n) is 10.7. The Balaban J connectivity index is 1.69. The summed E-state index contributed by atoms with van der Waals surface area (Å²) in [5.74, 6) is 2.62. The molecule has 2 unspecified atom stereocenters. The lowest BCUT2D eigenvalue weighted by atomic mass is 10.1. The molecule has 3 heteroatoms. The summed E-state index contributed by atoms with van der Waals surface area (Å²) in [4.78, 5) is 11.4. The highest BCUT2D eigenvalue weighted by Gasteiger charge is 2.33. The predicted molar refractivity (Wildman–Crippen MR) is 70.8 cm³/mol. The molecule has 3 rings (SSSR count). The van der Waals surface area contributed by atoms with Gasteiger partial charge in [-0.3, -0.25) is 4.79 Å². The highest BCUT2D eigenvalue weighted by molar-refractivity contribution is 5.92. The third-order valence-corrected chi connectivity index (χ3v) is 3.94. The molecule has 1 heterocycles. The van der Waals surface area contributed by atoms with Gasteiger partial charge in [0.1, 0.15) is 5.75 Å². The second kappa shape index (κ2) is 4.63. The average molecular weight is 245 g/mol. The van der Waals surface area contributed by atoms with Gasteiger partial charge >= 0.3 is 0 Å². The number of carbonyl (C=O) groups is 1. The van der Waals surface area contributed by atoms with Gasteiger partial charge in [-0.05, 0) is 54.9 Å².